The minimum Gasteiger partial charge on any atom is -0.460 e. The van der Waals surface area contributed by atoms with E-state index in [9.17, 15) is 10.1 Å². The zero-order valence-corrected chi connectivity index (χ0v) is 8.47. The molecule has 0 spiro atoms. The molecule has 6 nitrogen and oxygen atoms in total. The molecule has 6 heteroatoms. The topological polar surface area (TPSA) is 71.5 Å². The molecule has 1 aromatic rings. The van der Waals surface area contributed by atoms with Crippen LogP contribution in [0, 0.1) is 10.1 Å². The molecule has 1 atom stereocenters. The molecular formula is C9H13N3O3. The first-order chi connectivity index (χ1) is 7.18. The lowest BCUT2D eigenvalue weighted by atomic mass is 10.0. The number of nitrogens with zero attached hydrogens (tertiary/aromatic N) is 2. The molecule has 1 aliphatic rings. The van der Waals surface area contributed by atoms with Crippen LogP contribution in [0.3, 0.4) is 0 Å². The molecule has 0 aliphatic carbocycles. The number of piperazine rings is 1. The predicted molar refractivity (Wildman–Crippen MR) is 52.9 cm³/mol. The van der Waals surface area contributed by atoms with Gasteiger partial charge in [-0.05, 0) is 19.2 Å². The van der Waals surface area contributed by atoms with Crippen LogP contribution in [0.2, 0.25) is 0 Å². The smallest absolute Gasteiger partial charge is 0.347 e. The number of likely N-dealkylation sites (N-methyl/N-ethyl adjacent to an activating group) is 1. The van der Waals surface area contributed by atoms with Crippen molar-refractivity contribution in [3.8, 4) is 0 Å². The second kappa shape index (κ2) is 3.63. The Balaban J connectivity index is 2.43. The van der Waals surface area contributed by atoms with Crippen molar-refractivity contribution in [3.63, 3.8) is 0 Å². The highest BCUT2D eigenvalue weighted by Crippen LogP contribution is 2.29. The van der Waals surface area contributed by atoms with Crippen LogP contribution in [0.5, 0.6) is 0 Å². The lowest BCUT2D eigenvalue weighted by molar-refractivity contribution is -0.614. The van der Waals surface area contributed by atoms with Crippen LogP contribution in [0.25, 0.3) is 0 Å². The third kappa shape index (κ3) is 1.42. The van der Waals surface area contributed by atoms with Gasteiger partial charge in [-0.15, -0.1) is 0 Å². The maximum Gasteiger partial charge on any atom is 0.347 e. The summed E-state index contributed by atoms with van der Waals surface area (Å²) in [6.07, 6.45) is 1.46. The third-order valence-electron chi connectivity index (χ3n) is 2.84. The van der Waals surface area contributed by atoms with Crippen LogP contribution in [-0.2, 0) is 5.66 Å². The largest absolute Gasteiger partial charge is 0.460 e. The van der Waals surface area contributed by atoms with E-state index in [1.807, 2.05) is 0 Å². The number of hydrogen-bond donors (Lipinski definition) is 1. The maximum absolute atomic E-state index is 11.2. The number of nitro groups is 1. The van der Waals surface area contributed by atoms with Crippen LogP contribution < -0.4 is 5.32 Å². The van der Waals surface area contributed by atoms with Crippen molar-refractivity contribution in [2.24, 2.45) is 0 Å². The van der Waals surface area contributed by atoms with E-state index in [2.05, 4.69) is 5.32 Å². The zero-order chi connectivity index (χ0) is 10.9. The molecule has 0 bridgehead atoms. The summed E-state index contributed by atoms with van der Waals surface area (Å²) in [5.41, 5.74) is -1.26. The van der Waals surface area contributed by atoms with Gasteiger partial charge in [-0.1, -0.05) is 0 Å². The van der Waals surface area contributed by atoms with Gasteiger partial charge in [0.1, 0.15) is 0 Å². The summed E-state index contributed by atoms with van der Waals surface area (Å²) in [6, 6.07) is 3.31. The molecule has 15 heavy (non-hydrogen) atoms. The molecule has 0 aromatic carbocycles. The van der Waals surface area contributed by atoms with E-state index in [0.29, 0.717) is 12.3 Å². The Morgan fingerprint density at radius 1 is 1.73 bits per heavy atom. The van der Waals surface area contributed by atoms with Crippen molar-refractivity contribution in [3.05, 3.63) is 34.3 Å². The Labute approximate surface area is 87.0 Å². The minimum absolute atomic E-state index is 0.268. The van der Waals surface area contributed by atoms with Crippen LogP contribution >= 0.6 is 0 Å². The summed E-state index contributed by atoms with van der Waals surface area (Å²) < 4.78 is 5.18. The average molecular weight is 211 g/mol. The Kier molecular flexibility index (Phi) is 2.45. The van der Waals surface area contributed by atoms with Crippen molar-refractivity contribution in [2.75, 3.05) is 26.7 Å². The quantitative estimate of drug-likeness (QED) is 0.560. The van der Waals surface area contributed by atoms with Crippen molar-refractivity contribution in [1.29, 1.82) is 0 Å². The zero-order valence-electron chi connectivity index (χ0n) is 8.47. The fourth-order valence-corrected chi connectivity index (χ4v) is 1.90. The highest BCUT2D eigenvalue weighted by molar-refractivity contribution is 5.10. The van der Waals surface area contributed by atoms with Crippen LogP contribution in [0.4, 0.5) is 0 Å². The summed E-state index contributed by atoms with van der Waals surface area (Å²) in [6.45, 7) is 1.65. The van der Waals surface area contributed by atoms with Gasteiger partial charge in [0.25, 0.3) is 0 Å². The highest BCUT2D eigenvalue weighted by Gasteiger charge is 2.52. The molecule has 1 saturated heterocycles. The van der Waals surface area contributed by atoms with E-state index in [0.717, 1.165) is 6.54 Å². The monoisotopic (exact) mass is 211 g/mol. The Morgan fingerprint density at radius 2 is 2.53 bits per heavy atom. The second-order valence-electron chi connectivity index (χ2n) is 3.65. The first-order valence-corrected chi connectivity index (χ1v) is 4.78. The highest BCUT2D eigenvalue weighted by atomic mass is 16.6. The van der Waals surface area contributed by atoms with Crippen LogP contribution in [-0.4, -0.2) is 36.5 Å². The number of hydrogen-bond acceptors (Lipinski definition) is 5. The standard InChI is InChI=1S/C9H13N3O3/c1-11-5-4-10-7-9(11,12(13)14)8-3-2-6-15-8/h2-3,6,10H,4-5,7H2,1H3. The van der Waals surface area contributed by atoms with Gasteiger partial charge >= 0.3 is 5.66 Å². The van der Waals surface area contributed by atoms with E-state index in [-0.39, 0.29) is 11.5 Å². The number of furan rings is 1. The van der Waals surface area contributed by atoms with E-state index < -0.39 is 5.66 Å². The van der Waals surface area contributed by atoms with E-state index >= 15 is 0 Å². The summed E-state index contributed by atoms with van der Waals surface area (Å²) >= 11 is 0. The lowest BCUT2D eigenvalue weighted by Crippen LogP contribution is -2.61. The van der Waals surface area contributed by atoms with Gasteiger partial charge in [0.15, 0.2) is 5.76 Å². The van der Waals surface area contributed by atoms with Gasteiger partial charge in [-0.2, -0.15) is 0 Å². The molecular weight excluding hydrogens is 198 g/mol. The molecule has 2 rings (SSSR count). The van der Waals surface area contributed by atoms with E-state index in [1.165, 1.54) is 6.26 Å². The van der Waals surface area contributed by atoms with Crippen molar-refractivity contribution >= 4 is 0 Å². The maximum atomic E-state index is 11.2. The third-order valence-corrected chi connectivity index (χ3v) is 2.84. The number of nitrogens with one attached hydrogen (secondary N) is 1. The van der Waals surface area contributed by atoms with Crippen molar-refractivity contribution in [2.45, 2.75) is 5.66 Å². The second-order valence-corrected chi connectivity index (χ2v) is 3.65. The van der Waals surface area contributed by atoms with E-state index in [4.69, 9.17) is 4.42 Å². The molecule has 2 heterocycles. The molecule has 1 unspecified atom stereocenters. The minimum atomic E-state index is -1.26. The summed E-state index contributed by atoms with van der Waals surface area (Å²) in [7, 11) is 1.74. The predicted octanol–water partition coefficient (Wildman–Crippen LogP) is 0.244. The summed E-state index contributed by atoms with van der Waals surface area (Å²) in [5.74, 6) is 0.377. The van der Waals surface area contributed by atoms with Gasteiger partial charge in [-0.3, -0.25) is 10.1 Å². The van der Waals surface area contributed by atoms with Crippen molar-refractivity contribution < 1.29 is 9.34 Å². The lowest BCUT2D eigenvalue weighted by Gasteiger charge is -2.36. The van der Waals surface area contributed by atoms with Gasteiger partial charge in [0, 0.05) is 13.1 Å². The molecule has 1 N–H and O–H groups in total. The van der Waals surface area contributed by atoms with Gasteiger partial charge in [0.05, 0.1) is 17.7 Å². The Bertz CT molecular complexity index is 351. The molecule has 0 amide bonds. The molecule has 0 saturated carbocycles. The van der Waals surface area contributed by atoms with Crippen LogP contribution in [0.15, 0.2) is 22.8 Å². The molecule has 82 valence electrons. The average Bonchev–Trinajstić information content (AvgIpc) is 2.71. The molecule has 1 aromatic heterocycles. The Morgan fingerprint density at radius 3 is 3.07 bits per heavy atom. The first kappa shape index (κ1) is 10.1. The fourth-order valence-electron chi connectivity index (χ4n) is 1.90. The SMILES string of the molecule is CN1CCNCC1(c1ccco1)[N+](=O)[O-]. The van der Waals surface area contributed by atoms with Crippen molar-refractivity contribution in [1.82, 2.24) is 10.2 Å². The molecule has 1 fully saturated rings. The van der Waals surface area contributed by atoms with E-state index in [1.54, 1.807) is 24.1 Å². The summed E-state index contributed by atoms with van der Waals surface area (Å²) in [4.78, 5) is 12.7. The fraction of sp³-hybridized carbons (Fsp3) is 0.556. The van der Waals surface area contributed by atoms with Gasteiger partial charge in [-0.25, -0.2) is 4.90 Å². The number of rotatable bonds is 2. The Hall–Kier alpha value is -1.40. The first-order valence-electron chi connectivity index (χ1n) is 4.78. The van der Waals surface area contributed by atoms with Gasteiger partial charge in [0.2, 0.25) is 0 Å². The molecule has 1 aliphatic heterocycles. The van der Waals surface area contributed by atoms with Crippen LogP contribution in [0.1, 0.15) is 5.76 Å². The molecule has 0 radical (unpaired) electrons. The summed E-state index contributed by atoms with van der Waals surface area (Å²) in [5, 5.41) is 14.3. The normalized spacial score (nSPS) is 27.8. The van der Waals surface area contributed by atoms with Gasteiger partial charge < -0.3 is 9.73 Å².